The number of aromatic nitrogens is 2. The molecule has 0 radical (unpaired) electrons. The summed E-state index contributed by atoms with van der Waals surface area (Å²) in [5, 5.41) is 0. The molecule has 1 aliphatic carbocycles. The van der Waals surface area contributed by atoms with Crippen molar-refractivity contribution in [3.05, 3.63) is 83.3 Å². The minimum Gasteiger partial charge on any atom is -0.381 e. The Hall–Kier alpha value is -2.73. The van der Waals surface area contributed by atoms with Crippen LogP contribution < -0.4 is 10.0 Å². The molecule has 0 saturated heterocycles. The van der Waals surface area contributed by atoms with E-state index in [1.54, 1.807) is 0 Å². The summed E-state index contributed by atoms with van der Waals surface area (Å²) in [6, 6.07) is 21.1. The fourth-order valence-electron chi connectivity index (χ4n) is 4.51. The quantitative estimate of drug-likeness (QED) is 0.575. The first-order valence-corrected chi connectivity index (χ1v) is 11.5. The highest BCUT2D eigenvalue weighted by atomic mass is 32.2. The summed E-state index contributed by atoms with van der Waals surface area (Å²) in [7, 11) is 0. The lowest BCUT2D eigenvalue weighted by Gasteiger charge is -2.24. The Kier molecular flexibility index (Phi) is 5.49. The van der Waals surface area contributed by atoms with E-state index in [0.29, 0.717) is 11.8 Å². The van der Waals surface area contributed by atoms with Crippen molar-refractivity contribution < 1.29 is 0 Å². The van der Waals surface area contributed by atoms with Crippen LogP contribution in [0.5, 0.6) is 0 Å². The molecule has 154 valence electrons. The second-order valence-corrected chi connectivity index (χ2v) is 8.92. The Morgan fingerprint density at radius 3 is 2.17 bits per heavy atom. The summed E-state index contributed by atoms with van der Waals surface area (Å²) in [4.78, 5) is 5.21. The predicted octanol–water partition coefficient (Wildman–Crippen LogP) is 5.27. The lowest BCUT2D eigenvalue weighted by Crippen LogP contribution is -2.27. The molecule has 2 aromatic carbocycles. The average molecular weight is 418 g/mol. The van der Waals surface area contributed by atoms with Gasteiger partial charge in [0.25, 0.3) is 0 Å². The number of nitrogens with zero attached hydrogens (tertiary/aromatic N) is 4. The smallest absolute Gasteiger partial charge is 0.170 e. The van der Waals surface area contributed by atoms with Gasteiger partial charge in [-0.15, -0.1) is 0 Å². The lowest BCUT2D eigenvalue weighted by atomic mass is 9.88. The standard InChI is InChI=1S/C24H27N5S/c25-22-21-24(29(30-27-22)17-19-12-6-2-7-13-19)26-23(20-14-8-3-9-15-20)28(21)16-18-10-4-1-5-11-18/h1-2,4-7,10-13,20H,3,8-9,14-17H2,(H2,25,27). The van der Waals surface area contributed by atoms with Crippen LogP contribution in [-0.4, -0.2) is 15.4 Å². The van der Waals surface area contributed by atoms with Crippen molar-refractivity contribution >= 4 is 23.8 Å². The Morgan fingerprint density at radius 1 is 0.867 bits per heavy atom. The molecule has 1 saturated carbocycles. The second-order valence-electron chi connectivity index (χ2n) is 8.13. The van der Waals surface area contributed by atoms with Crippen LogP contribution in [0.1, 0.15) is 60.7 Å². The van der Waals surface area contributed by atoms with Gasteiger partial charge < -0.3 is 10.3 Å². The lowest BCUT2D eigenvalue weighted by molar-refractivity contribution is 0.418. The molecule has 1 aliphatic heterocycles. The second kappa shape index (κ2) is 8.56. The highest BCUT2D eigenvalue weighted by molar-refractivity contribution is 7.99. The topological polar surface area (TPSA) is 59.4 Å². The first-order chi connectivity index (χ1) is 14.8. The zero-order valence-electron chi connectivity index (χ0n) is 17.1. The van der Waals surface area contributed by atoms with Crippen LogP contribution in [0.4, 0.5) is 5.82 Å². The van der Waals surface area contributed by atoms with Gasteiger partial charge in [0, 0.05) is 12.5 Å². The van der Waals surface area contributed by atoms with E-state index in [0.717, 1.165) is 24.6 Å². The van der Waals surface area contributed by atoms with E-state index in [4.69, 9.17) is 10.7 Å². The number of nitrogens with two attached hydrogens (primary N) is 1. The van der Waals surface area contributed by atoms with Crippen LogP contribution >= 0.6 is 12.1 Å². The van der Waals surface area contributed by atoms with E-state index in [1.807, 2.05) is 6.07 Å². The molecule has 3 aromatic rings. The predicted molar refractivity (Wildman–Crippen MR) is 125 cm³/mol. The highest BCUT2D eigenvalue weighted by Crippen LogP contribution is 2.39. The molecule has 1 fully saturated rings. The van der Waals surface area contributed by atoms with Gasteiger partial charge in [0.15, 0.2) is 11.7 Å². The Labute approximate surface area is 182 Å². The van der Waals surface area contributed by atoms with E-state index in [1.165, 1.54) is 61.2 Å². The first kappa shape index (κ1) is 19.2. The number of rotatable bonds is 5. The Bertz CT molecular complexity index is 1020. The Morgan fingerprint density at radius 2 is 1.50 bits per heavy atom. The molecular weight excluding hydrogens is 390 g/mol. The minimum absolute atomic E-state index is 0.490. The van der Waals surface area contributed by atoms with Crippen molar-refractivity contribution in [2.45, 2.75) is 51.1 Å². The molecule has 0 spiro atoms. The van der Waals surface area contributed by atoms with Gasteiger partial charge >= 0.3 is 0 Å². The van der Waals surface area contributed by atoms with E-state index in [-0.39, 0.29) is 0 Å². The van der Waals surface area contributed by atoms with Crippen LogP contribution in [0.15, 0.2) is 65.1 Å². The van der Waals surface area contributed by atoms with E-state index < -0.39 is 0 Å². The van der Waals surface area contributed by atoms with Crippen LogP contribution in [0.2, 0.25) is 0 Å². The zero-order chi connectivity index (χ0) is 20.3. The monoisotopic (exact) mass is 417 g/mol. The summed E-state index contributed by atoms with van der Waals surface area (Å²) in [5.74, 6) is 3.18. The maximum absolute atomic E-state index is 6.44. The average Bonchev–Trinajstić information content (AvgIpc) is 3.18. The largest absolute Gasteiger partial charge is 0.381 e. The molecule has 5 rings (SSSR count). The number of hydrogen-bond acceptors (Lipinski definition) is 5. The summed E-state index contributed by atoms with van der Waals surface area (Å²) in [6.45, 7) is 1.52. The first-order valence-electron chi connectivity index (χ1n) is 10.8. The molecule has 0 amide bonds. The van der Waals surface area contributed by atoms with Crippen molar-refractivity contribution in [3.8, 4) is 0 Å². The molecule has 2 aliphatic rings. The summed E-state index contributed by atoms with van der Waals surface area (Å²) < 4.78 is 9.09. The van der Waals surface area contributed by atoms with Crippen molar-refractivity contribution in [2.75, 3.05) is 4.31 Å². The fourth-order valence-corrected chi connectivity index (χ4v) is 5.19. The Balaban J connectivity index is 1.57. The van der Waals surface area contributed by atoms with Crippen LogP contribution in [0.3, 0.4) is 0 Å². The minimum atomic E-state index is 0.490. The van der Waals surface area contributed by atoms with Crippen LogP contribution in [0.25, 0.3) is 0 Å². The number of benzene rings is 2. The van der Waals surface area contributed by atoms with Gasteiger partial charge in [-0.2, -0.15) is 4.40 Å². The third-order valence-electron chi connectivity index (χ3n) is 6.02. The molecule has 1 aromatic heterocycles. The normalized spacial score (nSPS) is 16.9. The molecule has 0 bridgehead atoms. The van der Waals surface area contributed by atoms with Crippen molar-refractivity contribution in [1.82, 2.24) is 9.55 Å². The van der Waals surface area contributed by atoms with Gasteiger partial charge in [-0.3, -0.25) is 4.31 Å². The van der Waals surface area contributed by atoms with Crippen molar-refractivity contribution in [1.29, 1.82) is 0 Å². The van der Waals surface area contributed by atoms with Crippen molar-refractivity contribution in [3.63, 3.8) is 0 Å². The number of amidine groups is 1. The van der Waals surface area contributed by atoms with Gasteiger partial charge in [0.2, 0.25) is 0 Å². The third kappa shape index (κ3) is 3.84. The maximum Gasteiger partial charge on any atom is 0.170 e. The van der Waals surface area contributed by atoms with Gasteiger partial charge in [-0.25, -0.2) is 4.98 Å². The number of hydrogen-bond donors (Lipinski definition) is 1. The molecule has 0 unspecified atom stereocenters. The summed E-state index contributed by atoms with van der Waals surface area (Å²) >= 11 is 1.40. The molecule has 0 atom stereocenters. The number of anilines is 1. The van der Waals surface area contributed by atoms with Gasteiger partial charge in [0.1, 0.15) is 11.5 Å². The van der Waals surface area contributed by atoms with E-state index >= 15 is 0 Å². The van der Waals surface area contributed by atoms with E-state index in [2.05, 4.69) is 67.9 Å². The summed E-state index contributed by atoms with van der Waals surface area (Å²) in [5.41, 5.74) is 9.91. The van der Waals surface area contributed by atoms with Crippen LogP contribution in [0, 0.1) is 0 Å². The number of fused-ring (bicyclic) bond motifs is 1. The maximum atomic E-state index is 6.44. The fraction of sp³-hybridized carbons (Fsp3) is 0.333. The highest BCUT2D eigenvalue weighted by Gasteiger charge is 2.32. The van der Waals surface area contributed by atoms with Gasteiger partial charge in [-0.1, -0.05) is 79.9 Å². The SMILES string of the molecule is NC1=NSN(Cc2ccccc2)c2nc(C3CCCCC3)n(Cc3ccccc3)c21. The van der Waals surface area contributed by atoms with Crippen molar-refractivity contribution in [2.24, 2.45) is 10.1 Å². The van der Waals surface area contributed by atoms with E-state index in [9.17, 15) is 0 Å². The molecule has 2 heterocycles. The molecule has 30 heavy (non-hydrogen) atoms. The van der Waals surface area contributed by atoms with Gasteiger partial charge in [-0.05, 0) is 24.0 Å². The zero-order valence-corrected chi connectivity index (χ0v) is 17.9. The molecule has 5 nitrogen and oxygen atoms in total. The summed E-state index contributed by atoms with van der Waals surface area (Å²) in [6.07, 6.45) is 6.29. The van der Waals surface area contributed by atoms with Crippen LogP contribution in [-0.2, 0) is 13.1 Å². The molecular formula is C24H27N5S. The van der Waals surface area contributed by atoms with Gasteiger partial charge in [0.05, 0.1) is 18.7 Å². The molecule has 6 heteroatoms. The molecule has 2 N–H and O–H groups in total. The third-order valence-corrected chi connectivity index (χ3v) is 6.80. The number of imidazole rings is 1.